The van der Waals surface area contributed by atoms with E-state index in [1.807, 2.05) is 0 Å². The third-order valence-electron chi connectivity index (χ3n) is 5.41. The second-order valence-corrected chi connectivity index (χ2v) is 9.71. The average molecular weight is 579 g/mol. The third kappa shape index (κ3) is 5.81. The van der Waals surface area contributed by atoms with E-state index in [9.17, 15) is 19.6 Å². The SMILES string of the molecule is COC(=O)[C@H]1C(=O)NC(SCC(=O)Nc2cccc(Cl)c2C)=C(C#N)[C@@H]1c1ccc(OC)c(Br)c1. The van der Waals surface area contributed by atoms with Crippen LogP contribution in [0.3, 0.4) is 0 Å². The van der Waals surface area contributed by atoms with Gasteiger partial charge in [-0.05, 0) is 58.2 Å². The largest absolute Gasteiger partial charge is 0.496 e. The Morgan fingerprint density at radius 1 is 1.29 bits per heavy atom. The van der Waals surface area contributed by atoms with E-state index in [1.165, 1.54) is 14.2 Å². The van der Waals surface area contributed by atoms with Crippen LogP contribution in [0.15, 0.2) is 51.5 Å². The minimum absolute atomic E-state index is 0.0886. The number of nitrogens with zero attached hydrogens (tertiary/aromatic N) is 1. The van der Waals surface area contributed by atoms with Crippen molar-refractivity contribution in [2.24, 2.45) is 5.92 Å². The van der Waals surface area contributed by atoms with Crippen molar-refractivity contribution in [2.75, 3.05) is 25.3 Å². The Morgan fingerprint density at radius 3 is 2.66 bits per heavy atom. The van der Waals surface area contributed by atoms with Gasteiger partial charge in [-0.15, -0.1) is 0 Å². The number of allylic oxidation sites excluding steroid dienone is 1. The van der Waals surface area contributed by atoms with E-state index < -0.39 is 23.7 Å². The summed E-state index contributed by atoms with van der Waals surface area (Å²) in [5, 5.41) is 16.1. The van der Waals surface area contributed by atoms with Gasteiger partial charge in [-0.25, -0.2) is 0 Å². The molecule has 0 saturated heterocycles. The minimum Gasteiger partial charge on any atom is -0.496 e. The van der Waals surface area contributed by atoms with Crippen LogP contribution >= 0.6 is 39.3 Å². The molecule has 1 aliphatic heterocycles. The highest BCUT2D eigenvalue weighted by atomic mass is 79.9. The molecular weight excluding hydrogens is 558 g/mol. The van der Waals surface area contributed by atoms with Gasteiger partial charge in [-0.1, -0.05) is 35.5 Å². The number of nitrogens with one attached hydrogen (secondary N) is 2. The summed E-state index contributed by atoms with van der Waals surface area (Å²) < 4.78 is 10.7. The second kappa shape index (κ2) is 11.6. The van der Waals surface area contributed by atoms with Gasteiger partial charge in [-0.3, -0.25) is 14.4 Å². The number of amides is 2. The molecule has 0 bridgehead atoms. The molecule has 1 aliphatic rings. The summed E-state index contributed by atoms with van der Waals surface area (Å²) in [6.45, 7) is 1.79. The van der Waals surface area contributed by atoms with E-state index in [0.29, 0.717) is 26.5 Å². The molecule has 0 fully saturated rings. The number of methoxy groups -OCH3 is 2. The van der Waals surface area contributed by atoms with Crippen LogP contribution in [0.2, 0.25) is 5.02 Å². The molecular formula is C24H21BrClN3O5S. The summed E-state index contributed by atoms with van der Waals surface area (Å²) in [6, 6.07) is 12.3. The maximum atomic E-state index is 13.0. The number of anilines is 1. The first-order valence-corrected chi connectivity index (χ1v) is 12.4. The second-order valence-electron chi connectivity index (χ2n) is 7.47. The molecule has 0 spiro atoms. The van der Waals surface area contributed by atoms with Crippen molar-refractivity contribution < 1.29 is 23.9 Å². The van der Waals surface area contributed by atoms with Crippen LogP contribution in [0.4, 0.5) is 5.69 Å². The van der Waals surface area contributed by atoms with Gasteiger partial charge < -0.3 is 20.1 Å². The average Bonchev–Trinajstić information content (AvgIpc) is 2.84. The number of rotatable bonds is 7. The molecule has 0 saturated carbocycles. The fraction of sp³-hybridized carbons (Fsp3) is 0.250. The summed E-state index contributed by atoms with van der Waals surface area (Å²) in [7, 11) is 2.69. The van der Waals surface area contributed by atoms with E-state index in [2.05, 4.69) is 32.6 Å². The number of ether oxygens (including phenoxy) is 2. The Labute approximate surface area is 220 Å². The van der Waals surface area contributed by atoms with Gasteiger partial charge >= 0.3 is 5.97 Å². The monoisotopic (exact) mass is 577 g/mol. The molecule has 0 aliphatic carbocycles. The maximum Gasteiger partial charge on any atom is 0.319 e. The highest BCUT2D eigenvalue weighted by Crippen LogP contribution is 2.42. The molecule has 0 unspecified atom stereocenters. The highest BCUT2D eigenvalue weighted by Gasteiger charge is 2.44. The molecule has 1 heterocycles. The zero-order valence-electron chi connectivity index (χ0n) is 19.0. The lowest BCUT2D eigenvalue weighted by Crippen LogP contribution is -2.44. The molecule has 0 aromatic heterocycles. The van der Waals surface area contributed by atoms with Gasteiger partial charge in [0.05, 0.1) is 41.1 Å². The topological polar surface area (TPSA) is 118 Å². The van der Waals surface area contributed by atoms with Crippen molar-refractivity contribution in [3.8, 4) is 11.8 Å². The van der Waals surface area contributed by atoms with Crippen molar-refractivity contribution >= 4 is 62.8 Å². The summed E-state index contributed by atoms with van der Waals surface area (Å²) in [4.78, 5) is 38.1. The van der Waals surface area contributed by atoms with E-state index in [4.69, 9.17) is 21.1 Å². The Kier molecular flexibility index (Phi) is 8.83. The molecule has 2 aromatic rings. The number of halogens is 2. The quantitative estimate of drug-likeness (QED) is 0.366. The lowest BCUT2D eigenvalue weighted by molar-refractivity contribution is -0.150. The molecule has 11 heteroatoms. The van der Waals surface area contributed by atoms with Crippen molar-refractivity contribution in [3.63, 3.8) is 0 Å². The molecule has 3 rings (SSSR count). The van der Waals surface area contributed by atoms with Crippen LogP contribution in [-0.4, -0.2) is 37.8 Å². The summed E-state index contributed by atoms with van der Waals surface area (Å²) in [5.74, 6) is -3.47. The van der Waals surface area contributed by atoms with Crippen LogP contribution < -0.4 is 15.4 Å². The first-order valence-electron chi connectivity index (χ1n) is 10.3. The normalized spacial score (nSPS) is 17.3. The standard InChI is InChI=1S/C24H21BrClN3O5S/c1-12-16(26)5-4-6-17(12)28-19(30)11-35-23-14(10-27)20(21(22(31)29-23)24(32)34-3)13-7-8-18(33-2)15(25)9-13/h4-9,20-21H,11H2,1-3H3,(H,28,30)(H,29,31)/t20-,21+/m0/s1. The Morgan fingerprint density at radius 2 is 2.03 bits per heavy atom. The molecule has 8 nitrogen and oxygen atoms in total. The van der Waals surface area contributed by atoms with Gasteiger partial charge in [-0.2, -0.15) is 5.26 Å². The van der Waals surface area contributed by atoms with E-state index >= 15 is 0 Å². The van der Waals surface area contributed by atoms with Crippen molar-refractivity contribution in [1.29, 1.82) is 5.26 Å². The van der Waals surface area contributed by atoms with Gasteiger partial charge in [0.2, 0.25) is 11.8 Å². The van der Waals surface area contributed by atoms with E-state index in [0.717, 1.165) is 17.3 Å². The van der Waals surface area contributed by atoms with Crippen LogP contribution in [-0.2, 0) is 19.1 Å². The Hall–Kier alpha value is -3.00. The maximum absolute atomic E-state index is 13.0. The van der Waals surface area contributed by atoms with Crippen LogP contribution in [0.5, 0.6) is 5.75 Å². The molecule has 2 N–H and O–H groups in total. The smallest absolute Gasteiger partial charge is 0.319 e. The first-order chi connectivity index (χ1) is 16.7. The fourth-order valence-corrected chi connectivity index (χ4v) is 5.20. The Bertz CT molecular complexity index is 1260. The zero-order valence-corrected chi connectivity index (χ0v) is 22.1. The molecule has 35 heavy (non-hydrogen) atoms. The van der Waals surface area contributed by atoms with Gasteiger partial charge in [0.1, 0.15) is 11.7 Å². The third-order valence-corrected chi connectivity index (χ3v) is 7.45. The molecule has 182 valence electrons. The van der Waals surface area contributed by atoms with Gasteiger partial charge in [0.15, 0.2) is 0 Å². The van der Waals surface area contributed by atoms with Crippen LogP contribution in [0, 0.1) is 24.2 Å². The zero-order chi connectivity index (χ0) is 25.7. The lowest BCUT2D eigenvalue weighted by atomic mass is 9.78. The Balaban J connectivity index is 1.93. The number of nitriles is 1. The number of esters is 1. The molecule has 2 atom stereocenters. The van der Waals surface area contributed by atoms with Crippen molar-refractivity contribution in [3.05, 3.63) is 67.6 Å². The number of hydrogen-bond acceptors (Lipinski definition) is 7. The first kappa shape index (κ1) is 26.6. The summed E-state index contributed by atoms with van der Waals surface area (Å²) >= 11 is 10.5. The predicted molar refractivity (Wildman–Crippen MR) is 137 cm³/mol. The van der Waals surface area contributed by atoms with Gasteiger partial charge in [0, 0.05) is 16.6 Å². The molecule has 2 amide bonds. The van der Waals surface area contributed by atoms with Crippen LogP contribution in [0.1, 0.15) is 17.0 Å². The summed E-state index contributed by atoms with van der Waals surface area (Å²) in [6.07, 6.45) is 0. The van der Waals surface area contributed by atoms with Crippen molar-refractivity contribution in [1.82, 2.24) is 5.32 Å². The number of hydrogen-bond donors (Lipinski definition) is 2. The van der Waals surface area contributed by atoms with Crippen molar-refractivity contribution in [2.45, 2.75) is 12.8 Å². The fourth-order valence-electron chi connectivity index (χ4n) is 3.62. The minimum atomic E-state index is -1.28. The van der Waals surface area contributed by atoms with Gasteiger partial charge in [0.25, 0.3) is 0 Å². The number of carbonyl (C=O) groups is 3. The summed E-state index contributed by atoms with van der Waals surface area (Å²) in [5.41, 5.74) is 1.98. The number of benzene rings is 2. The van der Waals surface area contributed by atoms with E-state index in [-0.39, 0.29) is 22.3 Å². The lowest BCUT2D eigenvalue weighted by Gasteiger charge is -2.31. The number of thioether (sulfide) groups is 1. The molecule has 2 aromatic carbocycles. The predicted octanol–water partition coefficient (Wildman–Crippen LogP) is 4.53. The highest BCUT2D eigenvalue weighted by molar-refractivity contribution is 9.10. The van der Waals surface area contributed by atoms with Crippen LogP contribution in [0.25, 0.3) is 0 Å². The molecule has 0 radical (unpaired) electrons. The number of carbonyl (C=O) groups excluding carboxylic acids is 3. The van der Waals surface area contributed by atoms with E-state index in [1.54, 1.807) is 43.3 Å².